The zero-order chi connectivity index (χ0) is 17.1. The van der Waals surface area contributed by atoms with Crippen molar-refractivity contribution in [2.24, 2.45) is 7.05 Å². The number of rotatable bonds is 5. The van der Waals surface area contributed by atoms with E-state index >= 15 is 0 Å². The third-order valence-electron chi connectivity index (χ3n) is 4.29. The van der Waals surface area contributed by atoms with E-state index in [1.165, 1.54) is 12.1 Å². The van der Waals surface area contributed by atoms with Crippen LogP contribution in [0.4, 0.5) is 10.1 Å². The van der Waals surface area contributed by atoms with Crippen LogP contribution in [0.25, 0.3) is 0 Å². The fraction of sp³-hybridized carbons (Fsp3) is 0.412. The fourth-order valence-electron chi connectivity index (χ4n) is 2.49. The minimum Gasteiger partial charge on any atom is -0.324 e. The van der Waals surface area contributed by atoms with Crippen molar-refractivity contribution in [2.45, 2.75) is 33.4 Å². The Morgan fingerprint density at radius 1 is 1.35 bits per heavy atom. The zero-order valence-corrected chi connectivity index (χ0v) is 14.3. The van der Waals surface area contributed by atoms with Crippen LogP contribution in [0.2, 0.25) is 0 Å². The lowest BCUT2D eigenvalue weighted by Crippen LogP contribution is -3.12. The molecule has 124 valence electrons. The number of nitrogens with zero attached hydrogens (tertiary/aromatic N) is 2. The van der Waals surface area contributed by atoms with Gasteiger partial charge in [-0.25, -0.2) is 4.39 Å². The Kier molecular flexibility index (Phi) is 5.15. The van der Waals surface area contributed by atoms with E-state index in [4.69, 9.17) is 0 Å². The highest BCUT2D eigenvalue weighted by Crippen LogP contribution is 2.18. The SMILES string of the molecule is Cc1nn(C)c(C)c1NC(=O)[C@@H](C)[NH+](C)Cc1ccc(F)cc1. The molecular weight excluding hydrogens is 295 g/mol. The van der Waals surface area contributed by atoms with Crippen molar-refractivity contribution in [3.63, 3.8) is 0 Å². The standard InChI is InChI=1S/C17H23FN4O/c1-11-16(12(2)22(5)20-11)19-17(23)13(3)21(4)10-14-6-8-15(18)9-7-14/h6-9,13H,10H2,1-5H3,(H,19,23)/p+1/t13-/m1/s1. The Labute approximate surface area is 136 Å². The number of likely N-dealkylation sites (N-methyl/N-ethyl adjacent to an activating group) is 1. The number of hydrogen-bond acceptors (Lipinski definition) is 2. The first kappa shape index (κ1) is 17.1. The first-order chi connectivity index (χ1) is 10.8. The highest BCUT2D eigenvalue weighted by molar-refractivity contribution is 5.94. The zero-order valence-electron chi connectivity index (χ0n) is 14.3. The number of aromatic nitrogens is 2. The van der Waals surface area contributed by atoms with Gasteiger partial charge in [-0.3, -0.25) is 9.48 Å². The molecule has 0 saturated carbocycles. The molecule has 0 radical (unpaired) electrons. The number of nitrogens with one attached hydrogen (secondary N) is 2. The molecule has 5 nitrogen and oxygen atoms in total. The van der Waals surface area contributed by atoms with Gasteiger partial charge in [0.05, 0.1) is 24.1 Å². The summed E-state index contributed by atoms with van der Waals surface area (Å²) in [6, 6.07) is 6.14. The van der Waals surface area contributed by atoms with Gasteiger partial charge in [-0.15, -0.1) is 0 Å². The summed E-state index contributed by atoms with van der Waals surface area (Å²) < 4.78 is 14.7. The number of carbonyl (C=O) groups is 1. The molecule has 0 spiro atoms. The van der Waals surface area contributed by atoms with Crippen LogP contribution in [0.3, 0.4) is 0 Å². The van der Waals surface area contributed by atoms with Gasteiger partial charge in [0, 0.05) is 12.6 Å². The quantitative estimate of drug-likeness (QED) is 0.871. The van der Waals surface area contributed by atoms with Crippen molar-refractivity contribution >= 4 is 11.6 Å². The van der Waals surface area contributed by atoms with Crippen molar-refractivity contribution in [1.82, 2.24) is 9.78 Å². The molecule has 1 amide bonds. The average Bonchev–Trinajstić information content (AvgIpc) is 2.75. The van der Waals surface area contributed by atoms with Crippen LogP contribution in [-0.2, 0) is 18.4 Å². The summed E-state index contributed by atoms with van der Waals surface area (Å²) in [5.74, 6) is -0.302. The normalized spacial score (nSPS) is 13.7. The monoisotopic (exact) mass is 319 g/mol. The van der Waals surface area contributed by atoms with Crippen molar-refractivity contribution in [1.29, 1.82) is 0 Å². The van der Waals surface area contributed by atoms with E-state index < -0.39 is 0 Å². The van der Waals surface area contributed by atoms with Crippen molar-refractivity contribution in [2.75, 3.05) is 12.4 Å². The lowest BCUT2D eigenvalue weighted by atomic mass is 10.2. The van der Waals surface area contributed by atoms with Crippen LogP contribution >= 0.6 is 0 Å². The summed E-state index contributed by atoms with van der Waals surface area (Å²) in [7, 11) is 3.81. The maximum atomic E-state index is 13.0. The Morgan fingerprint density at radius 3 is 2.48 bits per heavy atom. The Balaban J connectivity index is 2.02. The third kappa shape index (κ3) is 3.96. The molecule has 0 fully saturated rings. The number of amides is 1. The van der Waals surface area contributed by atoms with Gasteiger partial charge >= 0.3 is 0 Å². The molecule has 0 aliphatic carbocycles. The van der Waals surface area contributed by atoms with Gasteiger partial charge in [0.25, 0.3) is 5.91 Å². The molecule has 2 rings (SSSR count). The van der Waals surface area contributed by atoms with Crippen LogP contribution in [0.1, 0.15) is 23.9 Å². The maximum absolute atomic E-state index is 13.0. The average molecular weight is 319 g/mol. The number of carbonyl (C=O) groups excluding carboxylic acids is 1. The molecule has 0 aliphatic heterocycles. The predicted octanol–water partition coefficient (Wildman–Crippen LogP) is 1.22. The number of halogens is 1. The molecule has 0 saturated heterocycles. The van der Waals surface area contributed by atoms with Crippen molar-refractivity contribution < 1.29 is 14.1 Å². The van der Waals surface area contributed by atoms with E-state index in [1.807, 2.05) is 34.9 Å². The second-order valence-electron chi connectivity index (χ2n) is 6.03. The Morgan fingerprint density at radius 2 is 1.96 bits per heavy atom. The minimum atomic E-state index is -0.250. The molecule has 0 bridgehead atoms. The number of aryl methyl sites for hydroxylation is 2. The topological polar surface area (TPSA) is 51.4 Å². The molecule has 23 heavy (non-hydrogen) atoms. The van der Waals surface area contributed by atoms with Crippen LogP contribution in [0.15, 0.2) is 24.3 Å². The predicted molar refractivity (Wildman–Crippen MR) is 87.8 cm³/mol. The smallest absolute Gasteiger partial charge is 0.282 e. The highest BCUT2D eigenvalue weighted by Gasteiger charge is 2.24. The second-order valence-corrected chi connectivity index (χ2v) is 6.03. The first-order valence-electron chi connectivity index (χ1n) is 7.67. The van der Waals surface area contributed by atoms with Gasteiger partial charge < -0.3 is 10.2 Å². The molecule has 1 unspecified atom stereocenters. The fourth-order valence-corrected chi connectivity index (χ4v) is 2.49. The number of quaternary nitrogens is 1. The molecule has 1 heterocycles. The Hall–Kier alpha value is -2.21. The number of benzene rings is 1. The van der Waals surface area contributed by atoms with E-state index in [-0.39, 0.29) is 17.8 Å². The maximum Gasteiger partial charge on any atom is 0.282 e. The van der Waals surface area contributed by atoms with Crippen molar-refractivity contribution in [3.8, 4) is 0 Å². The summed E-state index contributed by atoms with van der Waals surface area (Å²) in [5, 5.41) is 7.28. The Bertz CT molecular complexity index is 693. The summed E-state index contributed by atoms with van der Waals surface area (Å²) in [6.45, 7) is 6.34. The molecule has 1 aromatic carbocycles. The van der Waals surface area contributed by atoms with Crippen molar-refractivity contribution in [3.05, 3.63) is 47.0 Å². The van der Waals surface area contributed by atoms with E-state index in [0.29, 0.717) is 6.54 Å². The molecular formula is C17H24FN4O+. The van der Waals surface area contributed by atoms with E-state index in [1.54, 1.807) is 16.8 Å². The third-order valence-corrected chi connectivity index (χ3v) is 4.29. The molecule has 1 aromatic heterocycles. The number of anilines is 1. The van der Waals surface area contributed by atoms with Crippen LogP contribution in [0, 0.1) is 19.7 Å². The van der Waals surface area contributed by atoms with Gasteiger partial charge in [-0.1, -0.05) is 12.1 Å². The largest absolute Gasteiger partial charge is 0.324 e. The van der Waals surface area contributed by atoms with Gasteiger partial charge in [0.1, 0.15) is 12.4 Å². The lowest BCUT2D eigenvalue weighted by Gasteiger charge is -2.21. The molecule has 6 heteroatoms. The summed E-state index contributed by atoms with van der Waals surface area (Å²) >= 11 is 0. The summed E-state index contributed by atoms with van der Waals surface area (Å²) in [6.07, 6.45) is 0. The number of hydrogen-bond donors (Lipinski definition) is 2. The van der Waals surface area contributed by atoms with Gasteiger partial charge in [-0.05, 0) is 32.9 Å². The summed E-state index contributed by atoms with van der Waals surface area (Å²) in [5.41, 5.74) is 3.51. The molecule has 0 aliphatic rings. The second kappa shape index (κ2) is 6.91. The van der Waals surface area contributed by atoms with Crippen LogP contribution in [0.5, 0.6) is 0 Å². The minimum absolute atomic E-state index is 0.0520. The van der Waals surface area contributed by atoms with E-state index in [2.05, 4.69) is 10.4 Å². The molecule has 2 N–H and O–H groups in total. The van der Waals surface area contributed by atoms with Gasteiger partial charge in [0.15, 0.2) is 6.04 Å². The molecule has 2 aromatic rings. The molecule has 2 atom stereocenters. The van der Waals surface area contributed by atoms with Crippen LogP contribution < -0.4 is 10.2 Å². The summed E-state index contributed by atoms with van der Waals surface area (Å²) in [4.78, 5) is 13.5. The van der Waals surface area contributed by atoms with Gasteiger partial charge in [0.2, 0.25) is 0 Å². The van der Waals surface area contributed by atoms with E-state index in [0.717, 1.165) is 27.5 Å². The van der Waals surface area contributed by atoms with Gasteiger partial charge in [-0.2, -0.15) is 5.10 Å². The lowest BCUT2D eigenvalue weighted by molar-refractivity contribution is -0.907. The van der Waals surface area contributed by atoms with Crippen LogP contribution in [-0.4, -0.2) is 28.8 Å². The first-order valence-corrected chi connectivity index (χ1v) is 7.67. The highest BCUT2D eigenvalue weighted by atomic mass is 19.1. The van der Waals surface area contributed by atoms with E-state index in [9.17, 15) is 9.18 Å².